The third kappa shape index (κ3) is 3.29. The van der Waals surface area contributed by atoms with Gasteiger partial charge >= 0.3 is 0 Å². The number of aryl methyl sites for hydroxylation is 1. The Balaban J connectivity index is 2.68. The van der Waals surface area contributed by atoms with Crippen LogP contribution in [0.25, 0.3) is 0 Å². The lowest BCUT2D eigenvalue weighted by Crippen LogP contribution is -2.10. The van der Waals surface area contributed by atoms with Crippen molar-refractivity contribution in [2.45, 2.75) is 26.7 Å². The molecule has 0 heterocycles. The van der Waals surface area contributed by atoms with E-state index in [4.69, 9.17) is 0 Å². The summed E-state index contributed by atoms with van der Waals surface area (Å²) in [5.41, 5.74) is 2.12. The largest absolute Gasteiger partial charge is 0.326 e. The van der Waals surface area contributed by atoms with Crippen LogP contribution < -0.4 is 5.32 Å². The van der Waals surface area contributed by atoms with Crippen molar-refractivity contribution in [1.29, 1.82) is 0 Å². The maximum atomic E-state index is 11.3. The standard InChI is InChI=1S/C11H14INO/c1-3-4-11(14)13-9-6-5-8(2)10(12)7-9/h5-7H,3-4H2,1-2H3,(H,13,14). The summed E-state index contributed by atoms with van der Waals surface area (Å²) in [5, 5.41) is 2.87. The SMILES string of the molecule is CCCC(=O)Nc1ccc(C)c(I)c1. The first kappa shape index (κ1) is 11.5. The van der Waals surface area contributed by atoms with Crippen LogP contribution in [0.1, 0.15) is 25.3 Å². The molecule has 1 N–H and O–H groups in total. The molecule has 0 aliphatic carbocycles. The molecule has 1 rings (SSSR count). The number of rotatable bonds is 3. The van der Waals surface area contributed by atoms with Gasteiger partial charge in [0, 0.05) is 15.7 Å². The van der Waals surface area contributed by atoms with Crippen molar-refractivity contribution in [3.8, 4) is 0 Å². The number of hydrogen-bond acceptors (Lipinski definition) is 1. The van der Waals surface area contributed by atoms with Crippen molar-refractivity contribution in [3.05, 3.63) is 27.3 Å². The van der Waals surface area contributed by atoms with Gasteiger partial charge < -0.3 is 5.32 Å². The maximum absolute atomic E-state index is 11.3. The van der Waals surface area contributed by atoms with Crippen molar-refractivity contribution in [3.63, 3.8) is 0 Å². The van der Waals surface area contributed by atoms with Crippen molar-refractivity contribution in [1.82, 2.24) is 0 Å². The molecule has 0 aromatic heterocycles. The highest BCUT2D eigenvalue weighted by Crippen LogP contribution is 2.17. The molecular weight excluding hydrogens is 289 g/mol. The van der Waals surface area contributed by atoms with Crippen LogP contribution in [-0.4, -0.2) is 5.91 Å². The van der Waals surface area contributed by atoms with Crippen LogP contribution in [0.5, 0.6) is 0 Å². The molecule has 1 aromatic rings. The minimum atomic E-state index is 0.0900. The van der Waals surface area contributed by atoms with Gasteiger partial charge in [0.1, 0.15) is 0 Å². The van der Waals surface area contributed by atoms with Gasteiger partial charge in [0.2, 0.25) is 5.91 Å². The van der Waals surface area contributed by atoms with E-state index in [9.17, 15) is 4.79 Å². The molecule has 0 radical (unpaired) electrons. The van der Waals surface area contributed by atoms with E-state index in [0.29, 0.717) is 6.42 Å². The second kappa shape index (κ2) is 5.34. The lowest BCUT2D eigenvalue weighted by atomic mass is 10.2. The van der Waals surface area contributed by atoms with Gasteiger partial charge in [-0.05, 0) is 53.6 Å². The number of benzene rings is 1. The average molecular weight is 303 g/mol. The van der Waals surface area contributed by atoms with Crippen molar-refractivity contribution >= 4 is 34.2 Å². The monoisotopic (exact) mass is 303 g/mol. The van der Waals surface area contributed by atoms with E-state index >= 15 is 0 Å². The molecular formula is C11H14INO. The van der Waals surface area contributed by atoms with E-state index in [1.54, 1.807) is 0 Å². The van der Waals surface area contributed by atoms with E-state index in [-0.39, 0.29) is 5.91 Å². The third-order valence-corrected chi connectivity index (χ3v) is 3.09. The topological polar surface area (TPSA) is 29.1 Å². The van der Waals surface area contributed by atoms with Gasteiger partial charge in [-0.2, -0.15) is 0 Å². The number of carbonyl (C=O) groups is 1. The fourth-order valence-electron chi connectivity index (χ4n) is 1.12. The van der Waals surface area contributed by atoms with Crippen LogP contribution in [0.3, 0.4) is 0 Å². The van der Waals surface area contributed by atoms with Gasteiger partial charge in [0.25, 0.3) is 0 Å². The van der Waals surface area contributed by atoms with Gasteiger partial charge in [0.15, 0.2) is 0 Å². The van der Waals surface area contributed by atoms with Gasteiger partial charge in [-0.1, -0.05) is 13.0 Å². The summed E-state index contributed by atoms with van der Waals surface area (Å²) >= 11 is 2.27. The smallest absolute Gasteiger partial charge is 0.224 e. The Kier molecular flexibility index (Phi) is 4.38. The molecule has 2 nitrogen and oxygen atoms in total. The predicted octanol–water partition coefficient (Wildman–Crippen LogP) is 3.34. The van der Waals surface area contributed by atoms with Gasteiger partial charge in [-0.3, -0.25) is 4.79 Å². The molecule has 0 spiro atoms. The second-order valence-corrected chi connectivity index (χ2v) is 4.42. The molecule has 1 aromatic carbocycles. The zero-order valence-corrected chi connectivity index (χ0v) is 10.6. The van der Waals surface area contributed by atoms with E-state index < -0.39 is 0 Å². The molecule has 1 amide bonds. The Bertz CT molecular complexity index is 336. The number of nitrogens with one attached hydrogen (secondary N) is 1. The first-order valence-corrected chi connectivity index (χ1v) is 5.77. The van der Waals surface area contributed by atoms with Crippen LogP contribution in [0.2, 0.25) is 0 Å². The van der Waals surface area contributed by atoms with Crippen molar-refractivity contribution in [2.24, 2.45) is 0 Å². The third-order valence-electron chi connectivity index (χ3n) is 1.93. The molecule has 0 aliphatic rings. The highest BCUT2D eigenvalue weighted by atomic mass is 127. The molecule has 0 fully saturated rings. The summed E-state index contributed by atoms with van der Waals surface area (Å²) in [6, 6.07) is 5.94. The molecule has 0 saturated carbocycles. The first-order chi connectivity index (χ1) is 6.63. The first-order valence-electron chi connectivity index (χ1n) is 4.69. The fourth-order valence-corrected chi connectivity index (χ4v) is 1.64. The summed E-state index contributed by atoms with van der Waals surface area (Å²) in [4.78, 5) is 11.3. The van der Waals surface area contributed by atoms with Crippen LogP contribution in [0.15, 0.2) is 18.2 Å². The van der Waals surface area contributed by atoms with Gasteiger partial charge in [-0.15, -0.1) is 0 Å². The quantitative estimate of drug-likeness (QED) is 0.853. The van der Waals surface area contributed by atoms with E-state index in [0.717, 1.165) is 12.1 Å². The fraction of sp³-hybridized carbons (Fsp3) is 0.364. The predicted molar refractivity (Wildman–Crippen MR) is 67.4 cm³/mol. The average Bonchev–Trinajstić information content (AvgIpc) is 2.12. The summed E-state index contributed by atoms with van der Waals surface area (Å²) in [5.74, 6) is 0.0900. The Morgan fingerprint density at radius 1 is 1.50 bits per heavy atom. The van der Waals surface area contributed by atoms with Crippen LogP contribution in [0, 0.1) is 10.5 Å². The van der Waals surface area contributed by atoms with Crippen LogP contribution in [0.4, 0.5) is 5.69 Å². The molecule has 14 heavy (non-hydrogen) atoms. The number of anilines is 1. The second-order valence-electron chi connectivity index (χ2n) is 3.26. The summed E-state index contributed by atoms with van der Waals surface area (Å²) in [7, 11) is 0. The van der Waals surface area contributed by atoms with E-state index in [2.05, 4.69) is 34.8 Å². The number of hydrogen-bond donors (Lipinski definition) is 1. The Labute approximate surface area is 98.2 Å². The highest BCUT2D eigenvalue weighted by molar-refractivity contribution is 14.1. The number of carbonyl (C=O) groups excluding carboxylic acids is 1. The normalized spacial score (nSPS) is 9.93. The number of amides is 1. The lowest BCUT2D eigenvalue weighted by Gasteiger charge is -2.05. The molecule has 3 heteroatoms. The van der Waals surface area contributed by atoms with Crippen molar-refractivity contribution < 1.29 is 4.79 Å². The Morgan fingerprint density at radius 3 is 2.79 bits per heavy atom. The highest BCUT2D eigenvalue weighted by Gasteiger charge is 2.01. The minimum absolute atomic E-state index is 0.0900. The zero-order valence-electron chi connectivity index (χ0n) is 8.43. The van der Waals surface area contributed by atoms with Crippen LogP contribution in [-0.2, 0) is 4.79 Å². The molecule has 76 valence electrons. The molecule has 0 bridgehead atoms. The number of halogens is 1. The molecule has 0 aliphatic heterocycles. The van der Waals surface area contributed by atoms with E-state index in [1.165, 1.54) is 9.13 Å². The van der Waals surface area contributed by atoms with Gasteiger partial charge in [0.05, 0.1) is 0 Å². The summed E-state index contributed by atoms with van der Waals surface area (Å²) in [6.07, 6.45) is 1.47. The lowest BCUT2D eigenvalue weighted by molar-refractivity contribution is -0.116. The Morgan fingerprint density at radius 2 is 2.21 bits per heavy atom. The van der Waals surface area contributed by atoms with E-state index in [1.807, 2.05) is 25.1 Å². The maximum Gasteiger partial charge on any atom is 0.224 e. The zero-order chi connectivity index (χ0) is 10.6. The summed E-state index contributed by atoms with van der Waals surface area (Å²) < 4.78 is 1.18. The molecule has 0 atom stereocenters. The van der Waals surface area contributed by atoms with Gasteiger partial charge in [-0.25, -0.2) is 0 Å². The summed E-state index contributed by atoms with van der Waals surface area (Å²) in [6.45, 7) is 4.05. The minimum Gasteiger partial charge on any atom is -0.326 e. The molecule has 0 unspecified atom stereocenters. The molecule has 0 saturated heterocycles. The Hall–Kier alpha value is -0.580. The van der Waals surface area contributed by atoms with Crippen LogP contribution >= 0.6 is 22.6 Å². The van der Waals surface area contributed by atoms with Crippen molar-refractivity contribution in [2.75, 3.05) is 5.32 Å².